The topological polar surface area (TPSA) is 12.4 Å². The molecule has 2 rings (SSSR count). The third kappa shape index (κ3) is 3.56. The summed E-state index contributed by atoms with van der Waals surface area (Å²) in [5.74, 6) is 0. The largest absolute Gasteiger partial charge is 0.255 e. The molecule has 0 radical (unpaired) electrons. The zero-order valence-electron chi connectivity index (χ0n) is 8.70. The molecule has 4 heteroatoms. The van der Waals surface area contributed by atoms with Gasteiger partial charge in [0.15, 0.2) is 0 Å². The molecule has 0 heterocycles. The SMILES string of the molecule is Clc1ccc(N=Cc2ccc(Br)cc2)c(Cl)c1. The van der Waals surface area contributed by atoms with Crippen LogP contribution in [0.2, 0.25) is 10.0 Å². The molecular formula is C13H8BrCl2N. The number of nitrogens with zero attached hydrogens (tertiary/aromatic N) is 1. The Morgan fingerprint density at radius 1 is 1.00 bits per heavy atom. The lowest BCUT2D eigenvalue weighted by atomic mass is 10.2. The van der Waals surface area contributed by atoms with Crippen LogP contribution in [-0.4, -0.2) is 6.21 Å². The average Bonchev–Trinajstić information content (AvgIpc) is 2.30. The van der Waals surface area contributed by atoms with Gasteiger partial charge in [0, 0.05) is 15.7 Å². The monoisotopic (exact) mass is 327 g/mol. The van der Waals surface area contributed by atoms with E-state index in [1.807, 2.05) is 24.3 Å². The first-order valence-corrected chi connectivity index (χ1v) is 6.45. The third-order valence-corrected chi connectivity index (χ3v) is 3.20. The van der Waals surface area contributed by atoms with Crippen LogP contribution in [0.5, 0.6) is 0 Å². The molecule has 0 saturated carbocycles. The Labute approximate surface area is 118 Å². The van der Waals surface area contributed by atoms with E-state index >= 15 is 0 Å². The van der Waals surface area contributed by atoms with Gasteiger partial charge in [0.2, 0.25) is 0 Å². The smallest absolute Gasteiger partial charge is 0.0817 e. The van der Waals surface area contributed by atoms with Crippen molar-refractivity contribution in [2.45, 2.75) is 0 Å². The number of aliphatic imine (C=N–C) groups is 1. The van der Waals surface area contributed by atoms with Gasteiger partial charge in [-0.3, -0.25) is 4.99 Å². The Kier molecular flexibility index (Phi) is 4.21. The van der Waals surface area contributed by atoms with Gasteiger partial charge in [-0.15, -0.1) is 0 Å². The Hall–Kier alpha value is -0.830. The summed E-state index contributed by atoms with van der Waals surface area (Å²) in [4.78, 5) is 4.32. The Balaban J connectivity index is 2.23. The second kappa shape index (κ2) is 5.67. The second-order valence-electron chi connectivity index (χ2n) is 3.41. The maximum Gasteiger partial charge on any atom is 0.0817 e. The Morgan fingerprint density at radius 2 is 1.71 bits per heavy atom. The van der Waals surface area contributed by atoms with E-state index in [1.165, 1.54) is 0 Å². The molecule has 0 atom stereocenters. The van der Waals surface area contributed by atoms with Crippen LogP contribution in [-0.2, 0) is 0 Å². The fourth-order valence-corrected chi connectivity index (χ4v) is 2.00. The zero-order chi connectivity index (χ0) is 12.3. The van der Waals surface area contributed by atoms with Gasteiger partial charge >= 0.3 is 0 Å². The van der Waals surface area contributed by atoms with Crippen LogP contribution in [0.25, 0.3) is 0 Å². The van der Waals surface area contributed by atoms with Crippen molar-refractivity contribution in [1.82, 2.24) is 0 Å². The number of hydrogen-bond donors (Lipinski definition) is 0. The lowest BCUT2D eigenvalue weighted by Gasteiger charge is -1.98. The quantitative estimate of drug-likeness (QED) is 0.645. The van der Waals surface area contributed by atoms with E-state index in [-0.39, 0.29) is 0 Å². The van der Waals surface area contributed by atoms with Crippen LogP contribution in [0, 0.1) is 0 Å². The van der Waals surface area contributed by atoms with Crippen LogP contribution in [0.3, 0.4) is 0 Å². The van der Waals surface area contributed by atoms with E-state index in [4.69, 9.17) is 23.2 Å². The van der Waals surface area contributed by atoms with Gasteiger partial charge < -0.3 is 0 Å². The third-order valence-electron chi connectivity index (χ3n) is 2.13. The summed E-state index contributed by atoms with van der Waals surface area (Å²) in [5.41, 5.74) is 1.72. The molecule has 0 aromatic heterocycles. The molecule has 0 bridgehead atoms. The molecule has 86 valence electrons. The Morgan fingerprint density at radius 3 is 2.35 bits per heavy atom. The predicted molar refractivity (Wildman–Crippen MR) is 77.9 cm³/mol. The van der Waals surface area contributed by atoms with Gasteiger partial charge in [-0.1, -0.05) is 51.3 Å². The first-order valence-electron chi connectivity index (χ1n) is 4.90. The standard InChI is InChI=1S/C13H8BrCl2N/c14-10-3-1-9(2-4-10)8-17-13-6-5-11(15)7-12(13)16/h1-8H. The molecule has 0 aliphatic heterocycles. The van der Waals surface area contributed by atoms with Crippen LogP contribution in [0.4, 0.5) is 5.69 Å². The van der Waals surface area contributed by atoms with Gasteiger partial charge in [-0.25, -0.2) is 0 Å². The average molecular weight is 329 g/mol. The summed E-state index contributed by atoms with van der Waals surface area (Å²) in [6, 6.07) is 13.1. The molecule has 2 aromatic rings. The molecule has 1 nitrogen and oxygen atoms in total. The molecule has 0 unspecified atom stereocenters. The molecule has 0 fully saturated rings. The molecule has 0 amide bonds. The summed E-state index contributed by atoms with van der Waals surface area (Å²) in [6.07, 6.45) is 1.77. The van der Waals surface area contributed by atoms with E-state index in [9.17, 15) is 0 Å². The summed E-state index contributed by atoms with van der Waals surface area (Å²) < 4.78 is 1.04. The molecule has 0 aliphatic carbocycles. The maximum absolute atomic E-state index is 6.02. The van der Waals surface area contributed by atoms with Gasteiger partial charge in [-0.05, 0) is 35.9 Å². The van der Waals surface area contributed by atoms with Crippen LogP contribution >= 0.6 is 39.1 Å². The number of benzene rings is 2. The van der Waals surface area contributed by atoms with Crippen molar-refractivity contribution in [3.05, 3.63) is 62.5 Å². The summed E-state index contributed by atoms with van der Waals surface area (Å²) in [6.45, 7) is 0. The molecule has 0 spiro atoms. The van der Waals surface area contributed by atoms with E-state index in [0.717, 1.165) is 10.0 Å². The zero-order valence-corrected chi connectivity index (χ0v) is 11.8. The van der Waals surface area contributed by atoms with Crippen molar-refractivity contribution >= 4 is 51.0 Å². The minimum Gasteiger partial charge on any atom is -0.255 e. The first kappa shape index (κ1) is 12.6. The first-order chi connectivity index (χ1) is 8.15. The van der Waals surface area contributed by atoms with Crippen molar-refractivity contribution in [1.29, 1.82) is 0 Å². The highest BCUT2D eigenvalue weighted by Gasteiger charge is 1.98. The van der Waals surface area contributed by atoms with Crippen molar-refractivity contribution in [3.8, 4) is 0 Å². The van der Waals surface area contributed by atoms with Gasteiger partial charge in [0.25, 0.3) is 0 Å². The van der Waals surface area contributed by atoms with Crippen molar-refractivity contribution < 1.29 is 0 Å². The molecule has 0 aliphatic rings. The van der Waals surface area contributed by atoms with Crippen LogP contribution in [0.15, 0.2) is 51.9 Å². The minimum atomic E-state index is 0.547. The van der Waals surface area contributed by atoms with Gasteiger partial charge in [0.05, 0.1) is 10.7 Å². The lowest BCUT2D eigenvalue weighted by Crippen LogP contribution is -1.79. The van der Waals surface area contributed by atoms with Crippen molar-refractivity contribution in [3.63, 3.8) is 0 Å². The van der Waals surface area contributed by atoms with Crippen molar-refractivity contribution in [2.24, 2.45) is 4.99 Å². The second-order valence-corrected chi connectivity index (χ2v) is 5.16. The fraction of sp³-hybridized carbons (Fsp3) is 0. The van der Waals surface area contributed by atoms with Gasteiger partial charge in [0.1, 0.15) is 0 Å². The van der Waals surface area contributed by atoms with Crippen LogP contribution in [0.1, 0.15) is 5.56 Å². The highest BCUT2D eigenvalue weighted by molar-refractivity contribution is 9.10. The van der Waals surface area contributed by atoms with Crippen molar-refractivity contribution in [2.75, 3.05) is 0 Å². The minimum absolute atomic E-state index is 0.547. The highest BCUT2D eigenvalue weighted by Crippen LogP contribution is 2.27. The lowest BCUT2D eigenvalue weighted by molar-refractivity contribution is 1.52. The van der Waals surface area contributed by atoms with E-state index in [1.54, 1.807) is 24.4 Å². The molecular weight excluding hydrogens is 321 g/mol. The number of hydrogen-bond acceptors (Lipinski definition) is 1. The molecule has 0 N–H and O–H groups in total. The highest BCUT2D eigenvalue weighted by atomic mass is 79.9. The summed E-state index contributed by atoms with van der Waals surface area (Å²) >= 11 is 15.2. The van der Waals surface area contributed by atoms with Gasteiger partial charge in [-0.2, -0.15) is 0 Å². The van der Waals surface area contributed by atoms with E-state index < -0.39 is 0 Å². The predicted octanol–water partition coefficient (Wildman–Crippen LogP) is 5.51. The maximum atomic E-state index is 6.02. The molecule has 17 heavy (non-hydrogen) atoms. The summed E-state index contributed by atoms with van der Waals surface area (Å²) in [7, 11) is 0. The van der Waals surface area contributed by atoms with Crippen LogP contribution < -0.4 is 0 Å². The fourth-order valence-electron chi connectivity index (χ4n) is 1.28. The Bertz CT molecular complexity index is 550. The molecule has 2 aromatic carbocycles. The van der Waals surface area contributed by atoms with E-state index in [0.29, 0.717) is 15.7 Å². The summed E-state index contributed by atoms with van der Waals surface area (Å²) in [5, 5.41) is 1.16. The van der Waals surface area contributed by atoms with E-state index in [2.05, 4.69) is 20.9 Å². The normalized spacial score (nSPS) is 11.0. The number of halogens is 3. The molecule has 0 saturated heterocycles. The number of rotatable bonds is 2.